The number of nitrogens with zero attached hydrogens (tertiary/aromatic N) is 5. The van der Waals surface area contributed by atoms with Gasteiger partial charge in [0.1, 0.15) is 0 Å². The van der Waals surface area contributed by atoms with E-state index >= 15 is 0 Å². The summed E-state index contributed by atoms with van der Waals surface area (Å²) in [6.07, 6.45) is 5.08. The third kappa shape index (κ3) is 17.5. The Kier molecular flexibility index (Phi) is 24.4. The molecule has 0 amide bonds. The van der Waals surface area contributed by atoms with Gasteiger partial charge >= 0.3 is 0 Å². The van der Waals surface area contributed by atoms with Gasteiger partial charge in [0.05, 0.1) is 6.33 Å². The van der Waals surface area contributed by atoms with Gasteiger partial charge in [0.2, 0.25) is 0 Å². The van der Waals surface area contributed by atoms with Crippen molar-refractivity contribution in [2.75, 3.05) is 0 Å². The fraction of sp³-hybridized carbons (Fsp3) is 0.364. The number of hydrogen-bond donors (Lipinski definition) is 1. The van der Waals surface area contributed by atoms with Crippen molar-refractivity contribution in [3.05, 3.63) is 45.7 Å². The molecule has 0 saturated heterocycles. The first kappa shape index (κ1) is 28.7. The van der Waals surface area contributed by atoms with Crippen LogP contribution in [-0.2, 0) is 17.1 Å². The van der Waals surface area contributed by atoms with Crippen LogP contribution in [0.2, 0.25) is 0 Å². The van der Waals surface area contributed by atoms with Gasteiger partial charge in [-0.3, -0.25) is 0 Å². The molecule has 11 nitrogen and oxygen atoms in total. The van der Waals surface area contributed by atoms with Crippen LogP contribution in [0.25, 0.3) is 6.15 Å². The third-order valence-electron chi connectivity index (χ3n) is 2.00. The maximum absolute atomic E-state index is 9.60. The summed E-state index contributed by atoms with van der Waals surface area (Å²) in [5.41, 5.74) is 0.556. The SMILES string of the molecule is CC(=N[O-])C(C)=N[O-].CC(=N[O-])C(C)=N[O-].[Fe].[NH2-].c1c[nH]cn1. The van der Waals surface area contributed by atoms with Gasteiger partial charge < -0.3 is 52.6 Å². The van der Waals surface area contributed by atoms with Gasteiger partial charge in [0.15, 0.2) is 0 Å². The number of hydrogen-bond acceptors (Lipinski definition) is 9. The smallest absolute Gasteiger partial charge is 0.0919 e. The number of aromatic nitrogens is 2. The van der Waals surface area contributed by atoms with Crippen molar-refractivity contribution in [1.29, 1.82) is 0 Å². The Balaban J connectivity index is -0.000000115. The average Bonchev–Trinajstić information content (AvgIpc) is 3.11. The number of nitrogens with one attached hydrogen (secondary N) is 1. The zero-order chi connectivity index (χ0) is 16.7. The summed E-state index contributed by atoms with van der Waals surface area (Å²) in [5.74, 6) is 0. The summed E-state index contributed by atoms with van der Waals surface area (Å²) in [5, 5.41) is 48.4. The van der Waals surface area contributed by atoms with Gasteiger partial charge in [-0.25, -0.2) is 4.98 Å². The quantitative estimate of drug-likeness (QED) is 0.473. The Morgan fingerprint density at radius 2 is 1.09 bits per heavy atom. The van der Waals surface area contributed by atoms with E-state index in [0.717, 1.165) is 0 Å². The third-order valence-corrected chi connectivity index (χ3v) is 2.00. The van der Waals surface area contributed by atoms with Crippen LogP contribution in [0.5, 0.6) is 0 Å². The van der Waals surface area contributed by atoms with Gasteiger partial charge in [-0.1, -0.05) is 0 Å². The summed E-state index contributed by atoms with van der Waals surface area (Å²) in [6.45, 7) is 5.74. The van der Waals surface area contributed by atoms with E-state index in [2.05, 4.69) is 30.6 Å². The molecule has 0 bridgehead atoms. The van der Waals surface area contributed by atoms with Crippen molar-refractivity contribution < 1.29 is 17.1 Å². The van der Waals surface area contributed by atoms with Gasteiger partial charge in [0, 0.05) is 52.3 Å². The monoisotopic (exact) mass is 368 g/mol. The fourth-order valence-electron chi connectivity index (χ4n) is 0.479. The predicted octanol–water partition coefficient (Wildman–Crippen LogP) is 2.93. The van der Waals surface area contributed by atoms with Crippen LogP contribution < -0.4 is 0 Å². The van der Waals surface area contributed by atoms with Crippen molar-refractivity contribution in [3.8, 4) is 0 Å². The van der Waals surface area contributed by atoms with Gasteiger partial charge in [-0.2, -0.15) is 0 Å². The van der Waals surface area contributed by atoms with E-state index in [9.17, 15) is 20.8 Å². The molecule has 0 aliphatic heterocycles. The standard InChI is InChI=1S/2C4H8N2O2.C3H4N2.Fe.H2N/c2*1-3(5-7)4(2)6-8;1-2-5-3-4-1;;/h2*7-8H,1-2H3;1-3H,(H,4,5);;1H2/q;;;;-1/p-4. The van der Waals surface area contributed by atoms with E-state index in [0.29, 0.717) is 0 Å². The molecule has 12 heteroatoms. The molecule has 0 spiro atoms. The second-order valence-corrected chi connectivity index (χ2v) is 3.47. The molecular weight excluding hydrogens is 350 g/mol. The molecule has 0 atom stereocenters. The number of rotatable bonds is 2. The molecule has 0 fully saturated rings. The minimum absolute atomic E-state index is 0. The molecular formula is C11H18FeN7O4-5. The molecule has 0 unspecified atom stereocenters. The molecule has 1 aromatic heterocycles. The maximum Gasteiger partial charge on any atom is 0.0919 e. The Bertz CT molecular complexity index is 405. The zero-order valence-electron chi connectivity index (χ0n) is 13.0. The number of aromatic amines is 1. The second kappa shape index (κ2) is 19.6. The molecule has 0 radical (unpaired) electrons. The van der Waals surface area contributed by atoms with E-state index in [1.54, 1.807) is 18.7 Å². The number of H-pyrrole nitrogens is 1. The Morgan fingerprint density at radius 3 is 1.17 bits per heavy atom. The van der Waals surface area contributed by atoms with Crippen LogP contribution in [0.4, 0.5) is 0 Å². The van der Waals surface area contributed by atoms with Crippen LogP contribution in [-0.4, -0.2) is 32.8 Å². The Morgan fingerprint density at radius 1 is 0.783 bits per heavy atom. The Hall–Kier alpha value is -2.43. The molecule has 23 heavy (non-hydrogen) atoms. The summed E-state index contributed by atoms with van der Waals surface area (Å²) in [6, 6.07) is 0. The average molecular weight is 368 g/mol. The van der Waals surface area contributed by atoms with Crippen molar-refractivity contribution in [3.63, 3.8) is 0 Å². The van der Waals surface area contributed by atoms with Crippen molar-refractivity contribution in [1.82, 2.24) is 9.97 Å². The Labute approximate surface area is 144 Å². The molecule has 0 aromatic carbocycles. The topological polar surface area (TPSA) is 204 Å². The summed E-state index contributed by atoms with van der Waals surface area (Å²) < 4.78 is 0. The van der Waals surface area contributed by atoms with E-state index < -0.39 is 0 Å². The molecule has 0 aliphatic rings. The van der Waals surface area contributed by atoms with Gasteiger partial charge in [-0.05, 0) is 27.7 Å². The van der Waals surface area contributed by atoms with Crippen LogP contribution >= 0.6 is 0 Å². The minimum atomic E-state index is 0. The normalized spacial score (nSPS) is 11.7. The summed E-state index contributed by atoms with van der Waals surface area (Å²) in [4.78, 5) is 6.42. The first-order valence-corrected chi connectivity index (χ1v) is 5.55. The fourth-order valence-corrected chi connectivity index (χ4v) is 0.479. The summed E-state index contributed by atoms with van der Waals surface area (Å²) >= 11 is 0. The first-order chi connectivity index (χ1) is 9.94. The predicted molar refractivity (Wildman–Crippen MR) is 89.8 cm³/mol. The van der Waals surface area contributed by atoms with Crippen LogP contribution in [0, 0.1) is 20.8 Å². The van der Waals surface area contributed by atoms with Crippen LogP contribution in [0.15, 0.2) is 39.3 Å². The van der Waals surface area contributed by atoms with E-state index in [-0.39, 0.29) is 46.1 Å². The van der Waals surface area contributed by atoms with E-state index in [4.69, 9.17) is 0 Å². The molecule has 3 N–H and O–H groups in total. The molecule has 0 saturated carbocycles. The minimum Gasteiger partial charge on any atom is -0.792 e. The van der Waals surface area contributed by atoms with Crippen molar-refractivity contribution in [2.45, 2.75) is 27.7 Å². The maximum atomic E-state index is 9.60. The molecule has 1 heterocycles. The van der Waals surface area contributed by atoms with Crippen LogP contribution in [0.1, 0.15) is 27.7 Å². The van der Waals surface area contributed by atoms with Gasteiger partial charge in [-0.15, -0.1) is 0 Å². The van der Waals surface area contributed by atoms with Crippen molar-refractivity contribution in [2.24, 2.45) is 20.6 Å². The molecule has 1 aromatic rings. The number of imidazole rings is 1. The molecule has 0 aliphatic carbocycles. The van der Waals surface area contributed by atoms with Crippen molar-refractivity contribution >= 4 is 22.8 Å². The van der Waals surface area contributed by atoms with E-state index in [1.807, 2.05) is 0 Å². The van der Waals surface area contributed by atoms with Crippen LogP contribution in [0.3, 0.4) is 0 Å². The number of nitrogens with two attached hydrogens (primary N) is 1. The first-order valence-electron chi connectivity index (χ1n) is 5.55. The molecule has 134 valence electrons. The van der Waals surface area contributed by atoms with Gasteiger partial charge in [0.25, 0.3) is 0 Å². The van der Waals surface area contributed by atoms with E-state index in [1.165, 1.54) is 27.7 Å². The largest absolute Gasteiger partial charge is 0.792 e. The summed E-state index contributed by atoms with van der Waals surface area (Å²) in [7, 11) is 0. The molecule has 1 rings (SSSR count). The zero-order valence-corrected chi connectivity index (χ0v) is 14.1. The second-order valence-electron chi connectivity index (χ2n) is 3.47.